The first-order valence-electron chi connectivity index (χ1n) is 8.30. The Hall–Kier alpha value is -1.01. The molecule has 0 radical (unpaired) electrons. The molecule has 23 heavy (non-hydrogen) atoms. The summed E-state index contributed by atoms with van der Waals surface area (Å²) in [4.78, 5) is 13.8. The van der Waals surface area contributed by atoms with Crippen molar-refractivity contribution >= 4 is 13.0 Å². The van der Waals surface area contributed by atoms with Gasteiger partial charge in [0.1, 0.15) is 5.60 Å². The second-order valence-electron chi connectivity index (χ2n) is 8.28. The molecule has 0 aromatic carbocycles. The van der Waals surface area contributed by atoms with Gasteiger partial charge in [0.25, 0.3) is 0 Å². The van der Waals surface area contributed by atoms with Gasteiger partial charge in [0.05, 0.1) is 11.2 Å². The van der Waals surface area contributed by atoms with E-state index in [1.165, 1.54) is 0 Å². The topological polar surface area (TPSA) is 59.0 Å². The largest absolute Gasteiger partial charge is 0.444 e. The van der Waals surface area contributed by atoms with Crippen LogP contribution in [0.5, 0.6) is 0 Å². The minimum absolute atomic E-state index is 0.0998. The first kappa shape index (κ1) is 20.0. The molecule has 0 aliphatic carbocycles. The third-order valence-corrected chi connectivity index (χ3v) is 4.36. The van der Waals surface area contributed by atoms with Gasteiger partial charge in [0.15, 0.2) is 0 Å². The molecule has 0 atom stereocenters. The lowest BCUT2D eigenvalue weighted by Gasteiger charge is -2.40. The maximum Gasteiger partial charge on any atom is 0.410 e. The first-order valence-corrected chi connectivity index (χ1v) is 8.30. The van der Waals surface area contributed by atoms with Crippen LogP contribution in [-0.4, -0.2) is 52.9 Å². The van der Waals surface area contributed by atoms with Crippen LogP contribution in [0, 0.1) is 0 Å². The Morgan fingerprint density at radius 3 is 2.17 bits per heavy atom. The van der Waals surface area contributed by atoms with Crippen molar-refractivity contribution in [2.24, 2.45) is 0 Å². The van der Waals surface area contributed by atoms with E-state index in [2.05, 4.69) is 0 Å². The Morgan fingerprint density at radius 1 is 1.22 bits per heavy atom. The zero-order chi connectivity index (χ0) is 18.1. The van der Waals surface area contributed by atoms with Crippen molar-refractivity contribution in [3.63, 3.8) is 0 Å². The van der Waals surface area contributed by atoms with Crippen LogP contribution in [0.25, 0.3) is 0 Å². The van der Waals surface area contributed by atoms with E-state index in [0.717, 1.165) is 11.9 Å². The molecule has 1 N–H and O–H groups in total. The second kappa shape index (κ2) is 6.85. The number of aliphatic hydroxyl groups is 1. The van der Waals surface area contributed by atoms with Gasteiger partial charge in [-0.05, 0) is 54.9 Å². The monoisotopic (exact) mass is 325 g/mol. The second-order valence-corrected chi connectivity index (χ2v) is 8.28. The molecule has 0 aromatic heterocycles. The predicted molar refractivity (Wildman–Crippen MR) is 93.6 cm³/mol. The van der Waals surface area contributed by atoms with Crippen molar-refractivity contribution in [3.8, 4) is 0 Å². The smallest absolute Gasteiger partial charge is 0.410 e. The molecular formula is C17H32BNO4. The molecule has 0 saturated heterocycles. The van der Waals surface area contributed by atoms with E-state index in [9.17, 15) is 9.90 Å². The van der Waals surface area contributed by atoms with E-state index in [-0.39, 0.29) is 13.0 Å². The van der Waals surface area contributed by atoms with Gasteiger partial charge in [-0.3, -0.25) is 0 Å². The van der Waals surface area contributed by atoms with Crippen LogP contribution < -0.4 is 0 Å². The number of ether oxygens (including phenoxy) is 1. The van der Waals surface area contributed by atoms with Crippen molar-refractivity contribution in [3.05, 3.63) is 11.5 Å². The summed E-state index contributed by atoms with van der Waals surface area (Å²) in [5.41, 5.74) is -0.912. The molecule has 1 amide bonds. The molecule has 6 heteroatoms. The molecule has 1 rings (SSSR count). The maximum atomic E-state index is 12.1. The van der Waals surface area contributed by atoms with Crippen LogP contribution in [-0.2, 0) is 9.39 Å². The highest BCUT2D eigenvalue weighted by Crippen LogP contribution is 2.28. The molecule has 0 spiro atoms. The van der Waals surface area contributed by atoms with Crippen molar-refractivity contribution in [1.82, 2.24) is 4.90 Å². The van der Waals surface area contributed by atoms with E-state index < -0.39 is 16.8 Å². The molecule has 0 saturated carbocycles. The van der Waals surface area contributed by atoms with Crippen LogP contribution in [0.1, 0.15) is 54.9 Å². The molecular weight excluding hydrogens is 293 g/mol. The Balaban J connectivity index is 2.64. The molecule has 1 aliphatic heterocycles. The number of rotatable bonds is 4. The standard InChI is InChI=1S/C17H32BNO4/c1-15(2,3)22-14(20)19-11-9-13(10-12-19)18(8)23-17(6,7)16(4,5)21/h9,21H,10-12H2,1-8H3. The SMILES string of the molecule is CB(OC(C)(C)C(C)(C)O)C1=CCN(C(=O)OC(C)(C)C)CC1. The lowest BCUT2D eigenvalue weighted by molar-refractivity contribution is -0.0923. The Kier molecular flexibility index (Phi) is 5.97. The molecule has 0 bridgehead atoms. The van der Waals surface area contributed by atoms with Crippen LogP contribution in [0.4, 0.5) is 4.79 Å². The quantitative estimate of drug-likeness (QED) is 0.806. The summed E-state index contributed by atoms with van der Waals surface area (Å²) >= 11 is 0. The predicted octanol–water partition coefficient (Wildman–Crippen LogP) is 3.28. The van der Waals surface area contributed by atoms with Crippen molar-refractivity contribution < 1.29 is 19.3 Å². The molecule has 1 heterocycles. The van der Waals surface area contributed by atoms with Crippen molar-refractivity contribution in [2.75, 3.05) is 13.1 Å². The van der Waals surface area contributed by atoms with Crippen molar-refractivity contribution in [2.45, 2.75) is 78.5 Å². The molecule has 132 valence electrons. The molecule has 5 nitrogen and oxygen atoms in total. The molecule has 0 aromatic rings. The number of hydrogen-bond donors (Lipinski definition) is 1. The lowest BCUT2D eigenvalue weighted by atomic mass is 9.59. The molecule has 0 unspecified atom stereocenters. The van der Waals surface area contributed by atoms with Gasteiger partial charge in [-0.2, -0.15) is 0 Å². The minimum atomic E-state index is -0.932. The van der Waals surface area contributed by atoms with Crippen LogP contribution >= 0.6 is 0 Å². The van der Waals surface area contributed by atoms with E-state index >= 15 is 0 Å². The van der Waals surface area contributed by atoms with E-state index in [1.807, 2.05) is 47.5 Å². The zero-order valence-corrected chi connectivity index (χ0v) is 15.9. The number of nitrogens with zero attached hydrogens (tertiary/aromatic N) is 1. The van der Waals surface area contributed by atoms with Gasteiger partial charge >= 0.3 is 13.0 Å². The normalized spacial score (nSPS) is 16.9. The van der Waals surface area contributed by atoms with Crippen LogP contribution in [0.2, 0.25) is 6.82 Å². The summed E-state index contributed by atoms with van der Waals surface area (Å²) in [6.45, 7) is 15.9. The Bertz CT molecular complexity index is 460. The Labute approximate surface area is 141 Å². The number of carbonyl (C=O) groups is 1. The van der Waals surface area contributed by atoms with Gasteiger partial charge in [-0.1, -0.05) is 18.4 Å². The summed E-state index contributed by atoms with van der Waals surface area (Å²) in [6, 6.07) is 0. The molecule has 1 aliphatic rings. The fourth-order valence-electron chi connectivity index (χ4n) is 2.21. The van der Waals surface area contributed by atoms with Gasteiger partial charge in [-0.15, -0.1) is 0 Å². The lowest BCUT2D eigenvalue weighted by Crippen LogP contribution is -2.50. The number of carbonyl (C=O) groups excluding carboxylic acids is 1. The minimum Gasteiger partial charge on any atom is -0.444 e. The highest BCUT2D eigenvalue weighted by molar-refractivity contribution is 6.59. The summed E-state index contributed by atoms with van der Waals surface area (Å²) in [6.07, 6.45) is 2.50. The van der Waals surface area contributed by atoms with Gasteiger partial charge < -0.3 is 19.4 Å². The van der Waals surface area contributed by atoms with Crippen LogP contribution in [0.15, 0.2) is 11.5 Å². The Morgan fingerprint density at radius 2 is 1.78 bits per heavy atom. The highest BCUT2D eigenvalue weighted by Gasteiger charge is 2.39. The van der Waals surface area contributed by atoms with E-state index in [1.54, 1.807) is 18.7 Å². The summed E-state index contributed by atoms with van der Waals surface area (Å²) in [5, 5.41) is 10.2. The summed E-state index contributed by atoms with van der Waals surface area (Å²) in [7, 11) is 0. The van der Waals surface area contributed by atoms with Gasteiger partial charge in [-0.25, -0.2) is 4.79 Å². The first-order chi connectivity index (χ1) is 10.2. The fourth-order valence-corrected chi connectivity index (χ4v) is 2.21. The van der Waals surface area contributed by atoms with Crippen LogP contribution in [0.3, 0.4) is 0 Å². The maximum absolute atomic E-state index is 12.1. The average Bonchev–Trinajstić information content (AvgIpc) is 2.35. The summed E-state index contributed by atoms with van der Waals surface area (Å²) in [5.74, 6) is 0. The number of hydrogen-bond acceptors (Lipinski definition) is 4. The summed E-state index contributed by atoms with van der Waals surface area (Å²) < 4.78 is 11.5. The zero-order valence-electron chi connectivity index (χ0n) is 15.9. The number of amides is 1. The third kappa shape index (κ3) is 5.85. The highest BCUT2D eigenvalue weighted by atomic mass is 16.6. The van der Waals surface area contributed by atoms with E-state index in [0.29, 0.717) is 13.1 Å². The fraction of sp³-hybridized carbons (Fsp3) is 0.824. The third-order valence-electron chi connectivity index (χ3n) is 4.36. The van der Waals surface area contributed by atoms with Crippen molar-refractivity contribution in [1.29, 1.82) is 0 Å². The van der Waals surface area contributed by atoms with Gasteiger partial charge in [0, 0.05) is 13.1 Å². The molecule has 0 fully saturated rings. The van der Waals surface area contributed by atoms with E-state index in [4.69, 9.17) is 9.39 Å². The van der Waals surface area contributed by atoms with Gasteiger partial charge in [0.2, 0.25) is 0 Å². The average molecular weight is 325 g/mol.